The molecule has 1 aromatic rings. The fourth-order valence-electron chi connectivity index (χ4n) is 0.590. The van der Waals surface area contributed by atoms with E-state index >= 15 is 0 Å². The Morgan fingerprint density at radius 3 is 2.22 bits per heavy atom. The first kappa shape index (κ1) is 6.43. The van der Waals surface area contributed by atoms with E-state index in [-0.39, 0.29) is 0 Å². The van der Waals surface area contributed by atoms with E-state index in [2.05, 4.69) is 5.32 Å². The first-order valence-corrected chi connectivity index (χ1v) is 3.06. The van der Waals surface area contributed by atoms with Crippen molar-refractivity contribution in [2.24, 2.45) is 0 Å². The van der Waals surface area contributed by atoms with Crippen molar-refractivity contribution in [1.29, 1.82) is 0 Å². The molecule has 0 heterocycles. The first-order chi connectivity index (χ1) is 4.33. The highest BCUT2D eigenvalue weighted by Crippen LogP contribution is 2.12. The van der Waals surface area contributed by atoms with E-state index in [0.717, 1.165) is 10.7 Å². The van der Waals surface area contributed by atoms with Crippen LogP contribution >= 0.6 is 11.6 Å². The van der Waals surface area contributed by atoms with Gasteiger partial charge in [0.1, 0.15) is 0 Å². The van der Waals surface area contributed by atoms with Crippen LogP contribution in [0.1, 0.15) is 0 Å². The smallest absolute Gasteiger partial charge is 0.0571 e. The third-order valence-electron chi connectivity index (χ3n) is 1.08. The molecule has 0 spiro atoms. The van der Waals surface area contributed by atoms with E-state index in [1.54, 1.807) is 7.05 Å². The minimum atomic E-state index is 0.752. The second-order valence-corrected chi connectivity index (χ2v) is 2.14. The van der Waals surface area contributed by atoms with Gasteiger partial charge in [-0.25, -0.2) is 0 Å². The normalized spacial score (nSPS) is 9.11. The van der Waals surface area contributed by atoms with E-state index in [0.29, 0.717) is 0 Å². The van der Waals surface area contributed by atoms with E-state index in [1.807, 2.05) is 24.3 Å². The van der Waals surface area contributed by atoms with Gasteiger partial charge in [-0.15, -0.1) is 0 Å². The summed E-state index contributed by atoms with van der Waals surface area (Å²) in [6, 6.07) is 7.40. The van der Waals surface area contributed by atoms with Gasteiger partial charge in [-0.2, -0.15) is 0 Å². The van der Waals surface area contributed by atoms with Gasteiger partial charge in [-0.05, 0) is 24.3 Å². The molecular formula is C7H7ClN. The second kappa shape index (κ2) is 2.74. The number of nitrogens with zero attached hydrogens (tertiary/aromatic N) is 1. The van der Waals surface area contributed by atoms with Crippen LogP contribution < -0.4 is 5.32 Å². The molecule has 9 heavy (non-hydrogen) atoms. The molecule has 0 unspecified atom stereocenters. The molecule has 0 saturated heterocycles. The Hall–Kier alpha value is -0.690. The van der Waals surface area contributed by atoms with Crippen molar-refractivity contribution in [3.63, 3.8) is 0 Å². The average molecular weight is 141 g/mol. The predicted octanol–water partition coefficient (Wildman–Crippen LogP) is 2.21. The van der Waals surface area contributed by atoms with Crippen LogP contribution in [-0.2, 0) is 0 Å². The van der Waals surface area contributed by atoms with Crippen LogP contribution in [0.25, 0.3) is 0 Å². The molecular weight excluding hydrogens is 134 g/mol. The molecule has 0 aliphatic heterocycles. The largest absolute Gasteiger partial charge is 0.289 e. The maximum atomic E-state index is 5.63. The minimum Gasteiger partial charge on any atom is -0.289 e. The monoisotopic (exact) mass is 140 g/mol. The molecule has 2 heteroatoms. The summed E-state index contributed by atoms with van der Waals surface area (Å²) < 4.78 is 0. The summed E-state index contributed by atoms with van der Waals surface area (Å²) >= 11 is 5.63. The van der Waals surface area contributed by atoms with Gasteiger partial charge >= 0.3 is 0 Å². The highest BCUT2D eigenvalue weighted by atomic mass is 35.5. The Labute approximate surface area is 59.6 Å². The van der Waals surface area contributed by atoms with Crippen molar-refractivity contribution in [3.8, 4) is 0 Å². The lowest BCUT2D eigenvalue weighted by molar-refractivity contribution is 1.09. The molecule has 0 amide bonds. The van der Waals surface area contributed by atoms with Gasteiger partial charge in [0, 0.05) is 12.1 Å². The Kier molecular flexibility index (Phi) is 1.96. The third kappa shape index (κ3) is 1.61. The quantitative estimate of drug-likeness (QED) is 0.568. The Bertz CT molecular complexity index is 181. The molecule has 0 bridgehead atoms. The van der Waals surface area contributed by atoms with Crippen molar-refractivity contribution in [2.75, 3.05) is 7.05 Å². The molecule has 1 nitrogen and oxygen atoms in total. The van der Waals surface area contributed by atoms with Crippen molar-refractivity contribution in [3.05, 3.63) is 29.3 Å². The molecule has 0 aliphatic rings. The molecule has 47 valence electrons. The topological polar surface area (TPSA) is 14.1 Å². The maximum absolute atomic E-state index is 5.63. The van der Waals surface area contributed by atoms with E-state index < -0.39 is 0 Å². The van der Waals surface area contributed by atoms with E-state index in [4.69, 9.17) is 11.6 Å². The van der Waals surface area contributed by atoms with Crippen LogP contribution in [0.2, 0.25) is 5.02 Å². The first-order valence-electron chi connectivity index (χ1n) is 2.68. The average Bonchev–Trinajstić information content (AvgIpc) is 1.90. The standard InChI is InChI=1S/C7H7ClN/c1-9-7-4-2-6(8)3-5-7/h2-5H,1H3. The molecule has 1 rings (SSSR count). The Morgan fingerprint density at radius 1 is 1.22 bits per heavy atom. The van der Waals surface area contributed by atoms with Crippen LogP contribution in [0, 0.1) is 0 Å². The summed E-state index contributed by atoms with van der Waals surface area (Å²) in [4.78, 5) is 0. The lowest BCUT2D eigenvalue weighted by Crippen LogP contribution is -1.83. The maximum Gasteiger partial charge on any atom is 0.0571 e. The minimum absolute atomic E-state index is 0.752. The fraction of sp³-hybridized carbons (Fsp3) is 0.143. The van der Waals surface area contributed by atoms with E-state index in [1.165, 1.54) is 0 Å². The van der Waals surface area contributed by atoms with Gasteiger partial charge in [0.05, 0.1) is 5.69 Å². The molecule has 0 aromatic heterocycles. The summed E-state index contributed by atoms with van der Waals surface area (Å²) in [6.45, 7) is 0. The highest BCUT2D eigenvalue weighted by molar-refractivity contribution is 6.30. The lowest BCUT2D eigenvalue weighted by Gasteiger charge is -1.93. The molecule has 0 aliphatic carbocycles. The summed E-state index contributed by atoms with van der Waals surface area (Å²) in [7, 11) is 1.75. The SMILES string of the molecule is C[N]c1ccc(Cl)cc1. The zero-order valence-corrected chi connectivity index (χ0v) is 5.89. The summed E-state index contributed by atoms with van der Waals surface area (Å²) in [5, 5.41) is 4.71. The molecule has 0 saturated carbocycles. The van der Waals surface area contributed by atoms with Gasteiger partial charge < -0.3 is 0 Å². The van der Waals surface area contributed by atoms with E-state index in [9.17, 15) is 0 Å². The van der Waals surface area contributed by atoms with Gasteiger partial charge in [0.15, 0.2) is 0 Å². The molecule has 0 atom stereocenters. The van der Waals surface area contributed by atoms with Gasteiger partial charge in [-0.3, -0.25) is 5.32 Å². The van der Waals surface area contributed by atoms with Crippen LogP contribution in [0.15, 0.2) is 24.3 Å². The van der Waals surface area contributed by atoms with Gasteiger partial charge in [0.25, 0.3) is 0 Å². The number of hydrogen-bond donors (Lipinski definition) is 0. The second-order valence-electron chi connectivity index (χ2n) is 1.70. The molecule has 0 N–H and O–H groups in total. The fourth-order valence-corrected chi connectivity index (χ4v) is 0.716. The Balaban J connectivity index is 2.88. The predicted molar refractivity (Wildman–Crippen MR) is 39.2 cm³/mol. The van der Waals surface area contributed by atoms with Crippen molar-refractivity contribution >= 4 is 17.3 Å². The van der Waals surface area contributed by atoms with Crippen LogP contribution in [0.5, 0.6) is 0 Å². The van der Waals surface area contributed by atoms with Crippen LogP contribution in [-0.4, -0.2) is 7.05 Å². The van der Waals surface area contributed by atoms with Gasteiger partial charge in [-0.1, -0.05) is 11.6 Å². The molecule has 1 aromatic carbocycles. The van der Waals surface area contributed by atoms with Crippen molar-refractivity contribution in [2.45, 2.75) is 0 Å². The number of halogens is 1. The number of hydrogen-bond acceptors (Lipinski definition) is 0. The third-order valence-corrected chi connectivity index (χ3v) is 1.34. The van der Waals surface area contributed by atoms with Crippen LogP contribution in [0.3, 0.4) is 0 Å². The number of benzene rings is 1. The zero-order chi connectivity index (χ0) is 6.69. The number of rotatable bonds is 1. The van der Waals surface area contributed by atoms with Crippen molar-refractivity contribution in [1.82, 2.24) is 5.32 Å². The highest BCUT2D eigenvalue weighted by Gasteiger charge is 1.86. The summed E-state index contributed by atoms with van der Waals surface area (Å²) in [5.74, 6) is 0. The summed E-state index contributed by atoms with van der Waals surface area (Å²) in [5.41, 5.74) is 0.958. The Morgan fingerprint density at radius 2 is 1.78 bits per heavy atom. The lowest BCUT2D eigenvalue weighted by atomic mass is 10.3. The molecule has 0 fully saturated rings. The summed E-state index contributed by atoms with van der Waals surface area (Å²) in [6.07, 6.45) is 0. The van der Waals surface area contributed by atoms with Crippen LogP contribution in [0.4, 0.5) is 5.69 Å². The molecule has 1 radical (unpaired) electrons. The van der Waals surface area contributed by atoms with Crippen molar-refractivity contribution < 1.29 is 0 Å². The zero-order valence-electron chi connectivity index (χ0n) is 5.13. The van der Waals surface area contributed by atoms with Gasteiger partial charge in [0.2, 0.25) is 0 Å².